The number of fused-ring (bicyclic) bond motifs is 3. The minimum atomic E-state index is 0.439. The highest BCUT2D eigenvalue weighted by Crippen LogP contribution is 2.31. The summed E-state index contributed by atoms with van der Waals surface area (Å²) < 4.78 is 0. The molecule has 0 aliphatic rings. The second-order valence-corrected chi connectivity index (χ2v) is 4.65. The summed E-state index contributed by atoms with van der Waals surface area (Å²) in [5.74, 6) is 0. The van der Waals surface area contributed by atoms with Gasteiger partial charge in [-0.05, 0) is 23.9 Å². The SMILES string of the molecule is Cc1cc(Cl)nc2nc(Cl)c3ccccc3c12. The molecule has 0 N–H and O–H groups in total. The van der Waals surface area contributed by atoms with Crippen molar-refractivity contribution in [1.29, 1.82) is 0 Å². The summed E-state index contributed by atoms with van der Waals surface area (Å²) in [5.41, 5.74) is 1.65. The fourth-order valence-electron chi connectivity index (χ4n) is 2.06. The van der Waals surface area contributed by atoms with E-state index in [-0.39, 0.29) is 0 Å². The number of pyridine rings is 2. The zero-order chi connectivity index (χ0) is 12.0. The Hall–Kier alpha value is -1.38. The first-order valence-corrected chi connectivity index (χ1v) is 5.93. The first kappa shape index (κ1) is 10.8. The second-order valence-electron chi connectivity index (χ2n) is 3.91. The summed E-state index contributed by atoms with van der Waals surface area (Å²) in [5, 5.41) is 3.91. The summed E-state index contributed by atoms with van der Waals surface area (Å²) in [4.78, 5) is 8.51. The van der Waals surface area contributed by atoms with E-state index < -0.39 is 0 Å². The van der Waals surface area contributed by atoms with Crippen molar-refractivity contribution in [3.63, 3.8) is 0 Å². The predicted octanol–water partition coefficient (Wildman–Crippen LogP) is 4.40. The second kappa shape index (κ2) is 3.83. The molecule has 4 heteroatoms. The Balaban J connectivity index is 2.63. The smallest absolute Gasteiger partial charge is 0.163 e. The fourth-order valence-corrected chi connectivity index (χ4v) is 2.55. The number of benzene rings is 1. The Morgan fingerprint density at radius 1 is 1.00 bits per heavy atom. The molecule has 0 aliphatic heterocycles. The summed E-state index contributed by atoms with van der Waals surface area (Å²) in [6, 6.07) is 9.74. The van der Waals surface area contributed by atoms with Crippen LogP contribution < -0.4 is 0 Å². The Morgan fingerprint density at radius 2 is 1.71 bits per heavy atom. The third kappa shape index (κ3) is 1.65. The van der Waals surface area contributed by atoms with E-state index in [0.29, 0.717) is 16.0 Å². The predicted molar refractivity (Wildman–Crippen MR) is 71.8 cm³/mol. The number of hydrogen-bond acceptors (Lipinski definition) is 2. The minimum Gasteiger partial charge on any atom is -0.216 e. The lowest BCUT2D eigenvalue weighted by Crippen LogP contribution is -1.91. The number of aryl methyl sites for hydroxylation is 1. The molecule has 0 bridgehead atoms. The molecule has 0 unspecified atom stereocenters. The molecular formula is C13H8Cl2N2. The van der Waals surface area contributed by atoms with Gasteiger partial charge in [0.15, 0.2) is 5.65 Å². The standard InChI is InChI=1S/C13H8Cl2N2/c1-7-6-10(14)16-13-11(7)8-4-2-3-5-9(8)12(15)17-13/h2-6H,1H3. The van der Waals surface area contributed by atoms with Gasteiger partial charge in [0.2, 0.25) is 0 Å². The van der Waals surface area contributed by atoms with E-state index in [1.807, 2.05) is 37.3 Å². The summed E-state index contributed by atoms with van der Waals surface area (Å²) in [6.07, 6.45) is 0. The van der Waals surface area contributed by atoms with Crippen molar-refractivity contribution >= 4 is 45.0 Å². The third-order valence-electron chi connectivity index (χ3n) is 2.79. The highest BCUT2D eigenvalue weighted by molar-refractivity contribution is 6.36. The van der Waals surface area contributed by atoms with Gasteiger partial charge in [-0.1, -0.05) is 47.5 Å². The van der Waals surface area contributed by atoms with Crippen molar-refractivity contribution < 1.29 is 0 Å². The van der Waals surface area contributed by atoms with E-state index in [1.54, 1.807) is 0 Å². The van der Waals surface area contributed by atoms with E-state index >= 15 is 0 Å². The lowest BCUT2D eigenvalue weighted by Gasteiger charge is -2.07. The maximum absolute atomic E-state index is 6.15. The van der Waals surface area contributed by atoms with E-state index in [9.17, 15) is 0 Å². The molecule has 2 aromatic heterocycles. The van der Waals surface area contributed by atoms with Crippen LogP contribution in [0.5, 0.6) is 0 Å². The molecule has 84 valence electrons. The molecule has 1 aromatic carbocycles. The van der Waals surface area contributed by atoms with E-state index in [1.165, 1.54) is 0 Å². The van der Waals surface area contributed by atoms with Crippen LogP contribution in [0, 0.1) is 6.92 Å². The third-order valence-corrected chi connectivity index (χ3v) is 3.27. The zero-order valence-electron chi connectivity index (χ0n) is 9.04. The number of rotatable bonds is 0. The molecule has 3 aromatic rings. The topological polar surface area (TPSA) is 25.8 Å². The fraction of sp³-hybridized carbons (Fsp3) is 0.0769. The summed E-state index contributed by atoms with van der Waals surface area (Å²) in [7, 11) is 0. The van der Waals surface area contributed by atoms with Crippen LogP contribution in [0.2, 0.25) is 10.3 Å². The van der Waals surface area contributed by atoms with Gasteiger partial charge >= 0.3 is 0 Å². The number of nitrogens with zero attached hydrogens (tertiary/aromatic N) is 2. The average Bonchev–Trinajstić information content (AvgIpc) is 2.28. The Morgan fingerprint density at radius 3 is 2.47 bits per heavy atom. The van der Waals surface area contributed by atoms with Gasteiger partial charge in [-0.2, -0.15) is 0 Å². The van der Waals surface area contributed by atoms with Crippen molar-refractivity contribution in [2.45, 2.75) is 6.92 Å². The summed E-state index contributed by atoms with van der Waals surface area (Å²) >= 11 is 12.1. The first-order chi connectivity index (χ1) is 8.16. The molecule has 3 rings (SSSR count). The monoisotopic (exact) mass is 262 g/mol. The van der Waals surface area contributed by atoms with Crippen molar-refractivity contribution in [3.05, 3.63) is 46.2 Å². The van der Waals surface area contributed by atoms with Crippen LogP contribution in [0.4, 0.5) is 0 Å². The van der Waals surface area contributed by atoms with Crippen molar-refractivity contribution in [3.8, 4) is 0 Å². The van der Waals surface area contributed by atoms with Gasteiger partial charge in [0, 0.05) is 10.8 Å². The largest absolute Gasteiger partial charge is 0.216 e. The maximum atomic E-state index is 6.15. The zero-order valence-corrected chi connectivity index (χ0v) is 10.5. The van der Waals surface area contributed by atoms with E-state index in [0.717, 1.165) is 21.7 Å². The molecule has 0 saturated carbocycles. The van der Waals surface area contributed by atoms with Gasteiger partial charge in [-0.25, -0.2) is 9.97 Å². The number of aromatic nitrogens is 2. The molecule has 0 saturated heterocycles. The van der Waals surface area contributed by atoms with Crippen LogP contribution in [0.25, 0.3) is 21.8 Å². The van der Waals surface area contributed by atoms with Crippen LogP contribution in [0.15, 0.2) is 30.3 Å². The highest BCUT2D eigenvalue weighted by Gasteiger charge is 2.10. The molecule has 0 fully saturated rings. The number of hydrogen-bond donors (Lipinski definition) is 0. The molecule has 0 radical (unpaired) electrons. The van der Waals surface area contributed by atoms with Crippen LogP contribution in [0.1, 0.15) is 5.56 Å². The maximum Gasteiger partial charge on any atom is 0.163 e. The molecule has 0 atom stereocenters. The van der Waals surface area contributed by atoms with Crippen LogP contribution in [0.3, 0.4) is 0 Å². The highest BCUT2D eigenvalue weighted by atomic mass is 35.5. The Bertz CT molecular complexity index is 738. The minimum absolute atomic E-state index is 0.439. The quantitative estimate of drug-likeness (QED) is 0.443. The normalized spacial score (nSPS) is 11.2. The lowest BCUT2D eigenvalue weighted by atomic mass is 10.1. The van der Waals surface area contributed by atoms with Crippen LogP contribution >= 0.6 is 23.2 Å². The first-order valence-electron chi connectivity index (χ1n) is 5.18. The Kier molecular flexibility index (Phi) is 2.42. The van der Waals surface area contributed by atoms with Crippen molar-refractivity contribution in [1.82, 2.24) is 9.97 Å². The van der Waals surface area contributed by atoms with Gasteiger partial charge in [-0.3, -0.25) is 0 Å². The molecule has 2 nitrogen and oxygen atoms in total. The van der Waals surface area contributed by atoms with Gasteiger partial charge in [0.05, 0.1) is 0 Å². The van der Waals surface area contributed by atoms with Gasteiger partial charge in [-0.15, -0.1) is 0 Å². The number of halogens is 2. The molecule has 17 heavy (non-hydrogen) atoms. The average molecular weight is 263 g/mol. The van der Waals surface area contributed by atoms with Crippen molar-refractivity contribution in [2.24, 2.45) is 0 Å². The van der Waals surface area contributed by atoms with Crippen molar-refractivity contribution in [2.75, 3.05) is 0 Å². The molecule has 2 heterocycles. The molecule has 0 spiro atoms. The van der Waals surface area contributed by atoms with Gasteiger partial charge in [0.25, 0.3) is 0 Å². The molecular weight excluding hydrogens is 255 g/mol. The molecule has 0 aliphatic carbocycles. The Labute approximate surface area is 108 Å². The lowest BCUT2D eigenvalue weighted by molar-refractivity contribution is 1.28. The van der Waals surface area contributed by atoms with Crippen LogP contribution in [-0.4, -0.2) is 9.97 Å². The van der Waals surface area contributed by atoms with Gasteiger partial charge in [0.1, 0.15) is 10.3 Å². The molecule has 0 amide bonds. The summed E-state index contributed by atoms with van der Waals surface area (Å²) in [6.45, 7) is 2.00. The van der Waals surface area contributed by atoms with Crippen LogP contribution in [-0.2, 0) is 0 Å². The van der Waals surface area contributed by atoms with E-state index in [2.05, 4.69) is 9.97 Å². The van der Waals surface area contributed by atoms with E-state index in [4.69, 9.17) is 23.2 Å². The van der Waals surface area contributed by atoms with Gasteiger partial charge < -0.3 is 0 Å².